The molecule has 0 fully saturated rings. The van der Waals surface area contributed by atoms with Crippen molar-refractivity contribution in [3.63, 3.8) is 0 Å². The van der Waals surface area contributed by atoms with Gasteiger partial charge in [-0.05, 0) is 6.42 Å². The van der Waals surface area contributed by atoms with Gasteiger partial charge in [0.15, 0.2) is 0 Å². The fraction of sp³-hybridized carbons (Fsp3) is 0.889. The lowest BCUT2D eigenvalue weighted by Gasteiger charge is -2.03. The molecule has 0 rings (SSSR count). The highest BCUT2D eigenvalue weighted by molar-refractivity contribution is 5.73. The Labute approximate surface area is 126 Å². The van der Waals surface area contributed by atoms with Gasteiger partial charge in [-0.1, -0.05) is 90.4 Å². The molecule has 0 aliphatic rings. The minimum absolute atomic E-state index is 0.480. The second-order valence-corrected chi connectivity index (χ2v) is 5.76. The summed E-state index contributed by atoms with van der Waals surface area (Å²) in [4.78, 5) is 10.3. The van der Waals surface area contributed by atoms with Gasteiger partial charge in [-0.3, -0.25) is 4.79 Å². The number of carbonyl (C=O) groups excluding carboxylic acids is 1. The molecule has 2 heteroatoms. The lowest BCUT2D eigenvalue weighted by molar-refractivity contribution is -0.138. The van der Waals surface area contributed by atoms with E-state index in [1.54, 1.807) is 0 Å². The number of esters is 1. The van der Waals surface area contributed by atoms with E-state index in [0.29, 0.717) is 6.61 Å². The summed E-state index contributed by atoms with van der Waals surface area (Å²) in [6.07, 6.45) is 18.7. The molecule has 0 aromatic heterocycles. The Kier molecular flexibility index (Phi) is 16.1. The molecule has 0 unspecified atom stereocenters. The zero-order valence-electron chi connectivity index (χ0n) is 13.5. The molecular formula is C18H34O2. The maximum atomic E-state index is 10.3. The maximum absolute atomic E-state index is 10.3. The third kappa shape index (κ3) is 17.5. The first kappa shape index (κ1) is 19.5. The SMILES string of the molecule is [CH]C(=O)OCCCCCCCCCCCCCCCC. The standard InChI is InChI=1S/C18H34O2/c1-3-4-5-6-7-8-9-10-11-12-13-14-15-16-17-20-18(2)19/h2H,3-17H2,1H3. The van der Waals surface area contributed by atoms with Gasteiger partial charge >= 0.3 is 5.97 Å². The highest BCUT2D eigenvalue weighted by Crippen LogP contribution is 2.12. The molecule has 0 aliphatic carbocycles. The van der Waals surface area contributed by atoms with Gasteiger partial charge in [-0.2, -0.15) is 0 Å². The molecule has 20 heavy (non-hydrogen) atoms. The first-order valence-electron chi connectivity index (χ1n) is 8.69. The molecule has 0 atom stereocenters. The number of ether oxygens (including phenoxy) is 1. The largest absolute Gasteiger partial charge is 0.465 e. The van der Waals surface area contributed by atoms with Gasteiger partial charge in [0.25, 0.3) is 0 Å². The van der Waals surface area contributed by atoms with Crippen LogP contribution in [0.2, 0.25) is 0 Å². The van der Waals surface area contributed by atoms with Crippen LogP contribution in [0.4, 0.5) is 0 Å². The molecule has 0 amide bonds. The van der Waals surface area contributed by atoms with Crippen molar-refractivity contribution in [2.24, 2.45) is 0 Å². The Morgan fingerprint density at radius 3 is 1.40 bits per heavy atom. The molecule has 0 saturated carbocycles. The van der Waals surface area contributed by atoms with Crippen LogP contribution in [0, 0.1) is 6.92 Å². The van der Waals surface area contributed by atoms with E-state index >= 15 is 0 Å². The van der Waals surface area contributed by atoms with Gasteiger partial charge in [-0.25, -0.2) is 0 Å². The van der Waals surface area contributed by atoms with Crippen molar-refractivity contribution in [1.82, 2.24) is 0 Å². The summed E-state index contributed by atoms with van der Waals surface area (Å²) in [6.45, 7) is 7.63. The van der Waals surface area contributed by atoms with E-state index in [1.807, 2.05) is 0 Å². The van der Waals surface area contributed by atoms with Gasteiger partial charge in [0.05, 0.1) is 13.5 Å². The van der Waals surface area contributed by atoms with Gasteiger partial charge in [0, 0.05) is 0 Å². The fourth-order valence-corrected chi connectivity index (χ4v) is 2.47. The van der Waals surface area contributed by atoms with Crippen LogP contribution in [0.15, 0.2) is 0 Å². The zero-order chi connectivity index (χ0) is 14.9. The second-order valence-electron chi connectivity index (χ2n) is 5.76. The van der Waals surface area contributed by atoms with Gasteiger partial charge < -0.3 is 4.74 Å². The van der Waals surface area contributed by atoms with E-state index in [0.717, 1.165) is 12.8 Å². The van der Waals surface area contributed by atoms with Crippen molar-refractivity contribution in [2.75, 3.05) is 6.61 Å². The van der Waals surface area contributed by atoms with Gasteiger partial charge in [-0.15, -0.1) is 0 Å². The van der Waals surface area contributed by atoms with E-state index in [4.69, 9.17) is 6.92 Å². The lowest BCUT2D eigenvalue weighted by Crippen LogP contribution is -2.00. The number of rotatable bonds is 15. The Morgan fingerprint density at radius 2 is 1.05 bits per heavy atom. The maximum Gasteiger partial charge on any atom is 0.310 e. The van der Waals surface area contributed by atoms with Crippen LogP contribution in [-0.2, 0) is 9.53 Å². The van der Waals surface area contributed by atoms with Crippen LogP contribution in [0.5, 0.6) is 0 Å². The van der Waals surface area contributed by atoms with Crippen LogP contribution < -0.4 is 0 Å². The molecule has 118 valence electrons. The molecule has 2 radical (unpaired) electrons. The Morgan fingerprint density at radius 1 is 0.700 bits per heavy atom. The molecule has 0 saturated heterocycles. The van der Waals surface area contributed by atoms with Gasteiger partial charge in [0.2, 0.25) is 0 Å². The van der Waals surface area contributed by atoms with Crippen molar-refractivity contribution < 1.29 is 9.53 Å². The minimum atomic E-state index is -0.653. The molecule has 0 aromatic rings. The summed E-state index contributed by atoms with van der Waals surface area (Å²) in [6, 6.07) is 0. The highest BCUT2D eigenvalue weighted by atomic mass is 16.5. The van der Waals surface area contributed by atoms with Crippen molar-refractivity contribution in [2.45, 2.75) is 96.8 Å². The predicted octanol–water partition coefficient (Wildman–Crippen LogP) is 5.72. The van der Waals surface area contributed by atoms with E-state index in [2.05, 4.69) is 11.7 Å². The van der Waals surface area contributed by atoms with Crippen LogP contribution in [0.3, 0.4) is 0 Å². The third-order valence-electron chi connectivity index (χ3n) is 3.74. The molecule has 0 bridgehead atoms. The van der Waals surface area contributed by atoms with Crippen LogP contribution in [-0.4, -0.2) is 12.6 Å². The summed E-state index contributed by atoms with van der Waals surface area (Å²) >= 11 is 0. The molecule has 2 nitrogen and oxygen atoms in total. The van der Waals surface area contributed by atoms with Gasteiger partial charge in [0.1, 0.15) is 0 Å². The Balaban J connectivity index is 2.94. The average Bonchev–Trinajstić information content (AvgIpc) is 2.43. The summed E-state index contributed by atoms with van der Waals surface area (Å²) < 4.78 is 4.69. The van der Waals surface area contributed by atoms with Crippen molar-refractivity contribution in [3.05, 3.63) is 6.92 Å². The van der Waals surface area contributed by atoms with Crippen LogP contribution in [0.1, 0.15) is 96.8 Å². The normalized spacial score (nSPS) is 10.7. The van der Waals surface area contributed by atoms with E-state index in [9.17, 15) is 4.79 Å². The second kappa shape index (κ2) is 16.5. The predicted molar refractivity (Wildman–Crippen MR) is 85.6 cm³/mol. The molecule has 0 aliphatic heterocycles. The third-order valence-corrected chi connectivity index (χ3v) is 3.74. The van der Waals surface area contributed by atoms with Crippen molar-refractivity contribution in [1.29, 1.82) is 0 Å². The van der Waals surface area contributed by atoms with E-state index in [-0.39, 0.29) is 0 Å². The van der Waals surface area contributed by atoms with Crippen molar-refractivity contribution in [3.8, 4) is 0 Å². The fourth-order valence-electron chi connectivity index (χ4n) is 2.47. The lowest BCUT2D eigenvalue weighted by atomic mass is 10.0. The average molecular weight is 282 g/mol. The topological polar surface area (TPSA) is 26.3 Å². The monoisotopic (exact) mass is 282 g/mol. The van der Waals surface area contributed by atoms with E-state index in [1.165, 1.54) is 77.0 Å². The van der Waals surface area contributed by atoms with Crippen molar-refractivity contribution >= 4 is 5.97 Å². The zero-order valence-corrected chi connectivity index (χ0v) is 13.5. The number of hydrogen-bond acceptors (Lipinski definition) is 2. The number of hydrogen-bond donors (Lipinski definition) is 0. The van der Waals surface area contributed by atoms with E-state index < -0.39 is 5.97 Å². The summed E-state index contributed by atoms with van der Waals surface area (Å²) in [7, 11) is 0. The molecular weight excluding hydrogens is 248 g/mol. The van der Waals surface area contributed by atoms with Crippen LogP contribution in [0.25, 0.3) is 0 Å². The Bertz CT molecular complexity index is 202. The van der Waals surface area contributed by atoms with Crippen LogP contribution >= 0.6 is 0 Å². The summed E-state index contributed by atoms with van der Waals surface area (Å²) in [5.74, 6) is -0.653. The summed E-state index contributed by atoms with van der Waals surface area (Å²) in [5.41, 5.74) is 0. The quantitative estimate of drug-likeness (QED) is 0.283. The molecule has 0 aromatic carbocycles. The number of unbranched alkanes of at least 4 members (excludes halogenated alkanes) is 13. The minimum Gasteiger partial charge on any atom is -0.465 e. The first-order chi connectivity index (χ1) is 9.77. The molecule has 0 heterocycles. The first-order valence-corrected chi connectivity index (χ1v) is 8.69. The molecule has 0 N–H and O–H groups in total. The smallest absolute Gasteiger partial charge is 0.310 e. The number of carbonyl (C=O) groups is 1. The Hall–Kier alpha value is -0.530. The molecule has 0 spiro atoms. The summed E-state index contributed by atoms with van der Waals surface area (Å²) in [5, 5.41) is 0. The highest BCUT2D eigenvalue weighted by Gasteiger charge is 1.95.